The predicted molar refractivity (Wildman–Crippen MR) is 94.6 cm³/mol. The van der Waals surface area contributed by atoms with Crippen molar-refractivity contribution in [1.29, 1.82) is 0 Å². The third-order valence-corrected chi connectivity index (χ3v) is 4.53. The van der Waals surface area contributed by atoms with Crippen molar-refractivity contribution in [2.24, 2.45) is 0 Å². The van der Waals surface area contributed by atoms with Gasteiger partial charge in [0.2, 0.25) is 0 Å². The molecule has 0 saturated carbocycles. The molecule has 2 aromatic heterocycles. The third-order valence-electron chi connectivity index (χ3n) is 3.63. The van der Waals surface area contributed by atoms with Gasteiger partial charge in [-0.2, -0.15) is 17.6 Å². The number of fused-ring (bicyclic) bond motifs is 1. The second kappa shape index (κ2) is 8.13. The van der Waals surface area contributed by atoms with E-state index in [1.807, 2.05) is 0 Å². The van der Waals surface area contributed by atoms with Crippen LogP contribution in [0.25, 0.3) is 11.0 Å². The molecular formula is C17H15F4N3O3S. The van der Waals surface area contributed by atoms with Crippen molar-refractivity contribution in [3.8, 4) is 17.2 Å². The molecule has 11 heteroatoms. The van der Waals surface area contributed by atoms with Gasteiger partial charge in [0.15, 0.2) is 16.7 Å². The van der Waals surface area contributed by atoms with Crippen LogP contribution in [0.2, 0.25) is 0 Å². The lowest BCUT2D eigenvalue weighted by Gasteiger charge is -2.18. The predicted octanol–water partition coefficient (Wildman–Crippen LogP) is 4.50. The largest absolute Gasteiger partial charge is 0.497 e. The molecule has 1 aromatic carbocycles. The molecule has 0 saturated heterocycles. The molecule has 28 heavy (non-hydrogen) atoms. The Morgan fingerprint density at radius 3 is 2.61 bits per heavy atom. The second-order valence-corrected chi connectivity index (χ2v) is 6.47. The molecule has 6 nitrogen and oxygen atoms in total. The maximum Gasteiger partial charge on any atom is 0.461 e. The van der Waals surface area contributed by atoms with Gasteiger partial charge in [0.05, 0.1) is 30.9 Å². The van der Waals surface area contributed by atoms with Gasteiger partial charge < -0.3 is 19.2 Å². The summed E-state index contributed by atoms with van der Waals surface area (Å²) in [4.78, 5) is 11.5. The zero-order valence-corrected chi connectivity index (χ0v) is 15.5. The zero-order valence-electron chi connectivity index (χ0n) is 14.7. The molecule has 0 aliphatic carbocycles. The van der Waals surface area contributed by atoms with E-state index in [4.69, 9.17) is 9.47 Å². The van der Waals surface area contributed by atoms with Gasteiger partial charge in [0.25, 0.3) is 0 Å². The molecular weight excluding hydrogens is 402 g/mol. The molecule has 0 amide bonds. The van der Waals surface area contributed by atoms with Crippen LogP contribution in [0.5, 0.6) is 17.2 Å². The molecule has 0 atom stereocenters. The molecule has 1 N–H and O–H groups in total. The molecule has 0 aliphatic rings. The smallest absolute Gasteiger partial charge is 0.461 e. The monoisotopic (exact) mass is 417 g/mol. The number of ether oxygens (including phenoxy) is 3. The van der Waals surface area contributed by atoms with Crippen LogP contribution in [-0.4, -0.2) is 41.7 Å². The Kier molecular flexibility index (Phi) is 5.82. The van der Waals surface area contributed by atoms with E-state index in [1.54, 1.807) is 25.4 Å². The van der Waals surface area contributed by atoms with E-state index in [0.29, 0.717) is 27.7 Å². The van der Waals surface area contributed by atoms with Crippen LogP contribution >= 0.6 is 11.8 Å². The number of hydrogen-bond donors (Lipinski definition) is 1. The molecule has 0 aliphatic heterocycles. The second-order valence-electron chi connectivity index (χ2n) is 5.50. The Labute approximate surface area is 161 Å². The summed E-state index contributed by atoms with van der Waals surface area (Å²) >= 11 is 1.32. The molecule has 0 radical (unpaired) electrons. The van der Waals surface area contributed by atoms with Crippen molar-refractivity contribution >= 4 is 22.8 Å². The van der Waals surface area contributed by atoms with Gasteiger partial charge in [-0.25, -0.2) is 4.98 Å². The number of imidazole rings is 1. The molecule has 0 bridgehead atoms. The lowest BCUT2D eigenvalue weighted by Crippen LogP contribution is -2.33. The average Bonchev–Trinajstić information content (AvgIpc) is 3.07. The fourth-order valence-electron chi connectivity index (χ4n) is 2.30. The lowest BCUT2D eigenvalue weighted by atomic mass is 10.2. The molecule has 0 unspecified atom stereocenters. The topological polar surface area (TPSA) is 69.3 Å². The fourth-order valence-corrected chi connectivity index (χ4v) is 3.08. The minimum atomic E-state index is -4.64. The van der Waals surface area contributed by atoms with E-state index in [-0.39, 0.29) is 5.75 Å². The maximum absolute atomic E-state index is 13.2. The Hall–Kier alpha value is -2.69. The highest BCUT2D eigenvalue weighted by molar-refractivity contribution is 7.98. The Balaban J connectivity index is 1.82. The first-order valence-electron chi connectivity index (χ1n) is 7.87. The van der Waals surface area contributed by atoms with Crippen LogP contribution in [0.4, 0.5) is 17.6 Å². The van der Waals surface area contributed by atoms with Crippen LogP contribution in [0.1, 0.15) is 5.69 Å². The van der Waals surface area contributed by atoms with Gasteiger partial charge in [-0.15, -0.1) is 0 Å². The normalized spacial score (nSPS) is 11.8. The van der Waals surface area contributed by atoms with Crippen molar-refractivity contribution in [2.45, 2.75) is 23.4 Å². The molecule has 0 fully saturated rings. The number of pyridine rings is 1. The summed E-state index contributed by atoms with van der Waals surface area (Å²) in [7, 11) is 2.77. The van der Waals surface area contributed by atoms with Crippen molar-refractivity contribution in [2.75, 3.05) is 14.2 Å². The number of H-pyrrole nitrogens is 1. The number of aromatic amines is 1. The number of methoxy groups -OCH3 is 2. The van der Waals surface area contributed by atoms with Crippen molar-refractivity contribution in [1.82, 2.24) is 15.0 Å². The van der Waals surface area contributed by atoms with Crippen molar-refractivity contribution in [3.05, 3.63) is 36.2 Å². The number of benzene rings is 1. The number of aromatic nitrogens is 3. The third kappa shape index (κ3) is 4.41. The van der Waals surface area contributed by atoms with Crippen LogP contribution in [0.3, 0.4) is 0 Å². The van der Waals surface area contributed by atoms with Gasteiger partial charge in [0, 0.05) is 30.1 Å². The van der Waals surface area contributed by atoms with E-state index < -0.39 is 18.3 Å². The highest BCUT2D eigenvalue weighted by Gasteiger charge is 2.44. The van der Waals surface area contributed by atoms with Crippen molar-refractivity contribution < 1.29 is 31.8 Å². The number of nitrogens with zero attached hydrogens (tertiary/aromatic N) is 2. The number of alkyl halides is 4. The van der Waals surface area contributed by atoms with Gasteiger partial charge in [-0.3, -0.25) is 4.98 Å². The fraction of sp³-hybridized carbons (Fsp3) is 0.294. The summed E-state index contributed by atoms with van der Waals surface area (Å²) < 4.78 is 65.6. The van der Waals surface area contributed by atoms with E-state index >= 15 is 0 Å². The maximum atomic E-state index is 13.2. The van der Waals surface area contributed by atoms with Crippen LogP contribution in [0.15, 0.2) is 35.6 Å². The number of rotatable bonds is 8. The van der Waals surface area contributed by atoms with Crippen LogP contribution in [0, 0.1) is 0 Å². The summed E-state index contributed by atoms with van der Waals surface area (Å²) in [5.74, 6) is 0.489. The minimum absolute atomic E-state index is 0.134. The molecule has 0 spiro atoms. The van der Waals surface area contributed by atoms with E-state index in [0.717, 1.165) is 11.8 Å². The summed E-state index contributed by atoms with van der Waals surface area (Å²) in [6.07, 6.45) is -7.00. The summed E-state index contributed by atoms with van der Waals surface area (Å²) in [5.41, 5.74) is 1.50. The number of thioether (sulfide) groups is 1. The van der Waals surface area contributed by atoms with E-state index in [2.05, 4.69) is 19.7 Å². The summed E-state index contributed by atoms with van der Waals surface area (Å²) in [5, 5.41) is 0.486. The molecule has 3 rings (SSSR count). The van der Waals surface area contributed by atoms with Crippen LogP contribution in [-0.2, 0) is 5.75 Å². The number of hydrogen-bond acceptors (Lipinski definition) is 6. The van der Waals surface area contributed by atoms with Gasteiger partial charge in [0.1, 0.15) is 5.75 Å². The van der Waals surface area contributed by atoms with Gasteiger partial charge >= 0.3 is 12.5 Å². The first-order chi connectivity index (χ1) is 13.3. The van der Waals surface area contributed by atoms with E-state index in [9.17, 15) is 17.6 Å². The lowest BCUT2D eigenvalue weighted by molar-refractivity contribution is -0.253. The first-order valence-corrected chi connectivity index (χ1v) is 8.85. The van der Waals surface area contributed by atoms with Gasteiger partial charge in [-0.1, -0.05) is 11.8 Å². The molecule has 2 heterocycles. The average molecular weight is 417 g/mol. The quantitative estimate of drug-likeness (QED) is 0.430. The Bertz CT molecular complexity index is 968. The standard InChI is InChI=1S/C17H15F4N3O3S/c1-25-10-3-4-22-9(5-10)8-28-16-23-11-6-13(26-2)14(7-12(11)24-16)27-17(20,21)15(18)19/h3-7,15H,8H2,1-2H3,(H,23,24). The highest BCUT2D eigenvalue weighted by Crippen LogP contribution is 2.37. The number of halogens is 4. The summed E-state index contributed by atoms with van der Waals surface area (Å²) in [6.45, 7) is 0. The zero-order chi connectivity index (χ0) is 20.3. The Morgan fingerprint density at radius 1 is 1.14 bits per heavy atom. The first kappa shape index (κ1) is 20.1. The molecule has 150 valence electrons. The Morgan fingerprint density at radius 2 is 1.93 bits per heavy atom. The SMILES string of the molecule is COc1ccnc(CSc2nc3cc(OC)c(OC(F)(F)C(F)F)cc3[nH]2)c1. The minimum Gasteiger partial charge on any atom is -0.497 e. The van der Waals surface area contributed by atoms with Crippen LogP contribution < -0.4 is 14.2 Å². The van der Waals surface area contributed by atoms with Gasteiger partial charge in [-0.05, 0) is 6.07 Å². The highest BCUT2D eigenvalue weighted by atomic mass is 32.2. The molecule has 3 aromatic rings. The van der Waals surface area contributed by atoms with Crippen molar-refractivity contribution in [3.63, 3.8) is 0 Å². The number of nitrogens with one attached hydrogen (secondary N) is 1. The summed E-state index contributed by atoms with van der Waals surface area (Å²) in [6, 6.07) is 5.97. The van der Waals surface area contributed by atoms with E-state index in [1.165, 1.54) is 24.9 Å².